The number of Topliss-reactive ketones (excluding diaryl/α,β-unsaturated/α-hetero) is 2. The van der Waals surface area contributed by atoms with Gasteiger partial charge in [0.25, 0.3) is 0 Å². The second-order valence-electron chi connectivity index (χ2n) is 6.81. The van der Waals surface area contributed by atoms with Crippen molar-refractivity contribution in [1.29, 1.82) is 0 Å². The highest BCUT2D eigenvalue weighted by Gasteiger charge is 2.38. The SMILES string of the molecule is Cc1[nH]c2ccccc2c1C1=C(Cl)C(=O)C(N2CCN(C=O)CC2)=C(Cl)C1=O. The summed E-state index contributed by atoms with van der Waals surface area (Å²) >= 11 is 12.8. The molecule has 144 valence electrons. The summed E-state index contributed by atoms with van der Waals surface area (Å²) in [6.45, 7) is 3.56. The zero-order chi connectivity index (χ0) is 20.0. The number of hydrogen-bond acceptors (Lipinski definition) is 4. The molecule has 1 saturated heterocycles. The molecule has 1 amide bonds. The number of aryl methyl sites for hydroxylation is 1. The van der Waals surface area contributed by atoms with E-state index in [1.165, 1.54) is 0 Å². The number of nitrogens with zero attached hydrogens (tertiary/aromatic N) is 2. The average molecular weight is 418 g/mol. The molecule has 2 heterocycles. The standard InChI is InChI=1S/C20H17Cl2N3O3/c1-11-14(12-4-2-3-5-13(12)23-11)15-16(21)20(28)18(17(22)19(15)27)25-8-6-24(10-26)7-9-25/h2-5,10,23H,6-9H2,1H3. The van der Waals surface area contributed by atoms with Crippen molar-refractivity contribution in [3.05, 3.63) is 51.3 Å². The summed E-state index contributed by atoms with van der Waals surface area (Å²) in [6.07, 6.45) is 0.770. The Balaban J connectivity index is 1.78. The molecule has 1 fully saturated rings. The van der Waals surface area contributed by atoms with Crippen molar-refractivity contribution in [2.45, 2.75) is 6.92 Å². The van der Waals surface area contributed by atoms with Crippen LogP contribution in [-0.4, -0.2) is 58.9 Å². The number of piperazine rings is 1. The van der Waals surface area contributed by atoms with Crippen molar-refractivity contribution in [1.82, 2.24) is 14.8 Å². The molecule has 1 N–H and O–H groups in total. The van der Waals surface area contributed by atoms with Gasteiger partial charge in [-0.3, -0.25) is 14.4 Å². The van der Waals surface area contributed by atoms with Crippen LogP contribution in [0.3, 0.4) is 0 Å². The summed E-state index contributed by atoms with van der Waals surface area (Å²) in [4.78, 5) is 43.7. The van der Waals surface area contributed by atoms with Crippen LogP contribution >= 0.6 is 23.2 Å². The highest BCUT2D eigenvalue weighted by atomic mass is 35.5. The molecule has 0 bridgehead atoms. The van der Waals surface area contributed by atoms with Gasteiger partial charge >= 0.3 is 0 Å². The fourth-order valence-corrected chi connectivity index (χ4v) is 4.36. The molecule has 1 aliphatic heterocycles. The highest BCUT2D eigenvalue weighted by molar-refractivity contribution is 6.63. The predicted molar refractivity (Wildman–Crippen MR) is 108 cm³/mol. The third-order valence-electron chi connectivity index (χ3n) is 5.19. The van der Waals surface area contributed by atoms with Gasteiger partial charge in [-0.25, -0.2) is 0 Å². The van der Waals surface area contributed by atoms with Crippen LogP contribution in [0.5, 0.6) is 0 Å². The predicted octanol–water partition coefficient (Wildman–Crippen LogP) is 2.80. The molecule has 0 spiro atoms. The first kappa shape index (κ1) is 18.8. The molecule has 4 rings (SSSR count). The summed E-state index contributed by atoms with van der Waals surface area (Å²) < 4.78 is 0. The number of carbonyl (C=O) groups is 3. The largest absolute Gasteiger partial charge is 0.363 e. The first-order valence-corrected chi connectivity index (χ1v) is 9.60. The number of amides is 1. The topological polar surface area (TPSA) is 73.5 Å². The molecule has 6 nitrogen and oxygen atoms in total. The first-order chi connectivity index (χ1) is 13.4. The van der Waals surface area contributed by atoms with E-state index in [1.54, 1.807) is 9.80 Å². The van der Waals surface area contributed by atoms with Crippen LogP contribution in [-0.2, 0) is 14.4 Å². The molecular weight excluding hydrogens is 401 g/mol. The number of allylic oxidation sites excluding steroid dienone is 3. The Morgan fingerprint density at radius 2 is 1.68 bits per heavy atom. The van der Waals surface area contributed by atoms with Crippen molar-refractivity contribution >= 4 is 57.7 Å². The van der Waals surface area contributed by atoms with Crippen molar-refractivity contribution in [2.75, 3.05) is 26.2 Å². The average Bonchev–Trinajstić information content (AvgIpc) is 3.03. The van der Waals surface area contributed by atoms with Gasteiger partial charge in [-0.15, -0.1) is 0 Å². The van der Waals surface area contributed by atoms with E-state index in [9.17, 15) is 14.4 Å². The Morgan fingerprint density at radius 3 is 2.36 bits per heavy atom. The normalized spacial score (nSPS) is 18.5. The first-order valence-electron chi connectivity index (χ1n) is 8.85. The quantitative estimate of drug-likeness (QED) is 0.615. The smallest absolute Gasteiger partial charge is 0.222 e. The van der Waals surface area contributed by atoms with Gasteiger partial charge in [0.1, 0.15) is 15.8 Å². The lowest BCUT2D eigenvalue weighted by atomic mass is 9.91. The summed E-state index contributed by atoms with van der Waals surface area (Å²) in [5, 5.41) is 0.547. The number of nitrogens with one attached hydrogen (secondary N) is 1. The van der Waals surface area contributed by atoms with E-state index in [1.807, 2.05) is 31.2 Å². The number of hydrogen-bond donors (Lipinski definition) is 1. The zero-order valence-electron chi connectivity index (χ0n) is 15.1. The Labute approximate surface area is 171 Å². The summed E-state index contributed by atoms with van der Waals surface area (Å²) in [5.41, 5.74) is 2.43. The molecule has 1 aromatic heterocycles. The second kappa shape index (κ2) is 7.11. The number of aromatic amines is 1. The lowest BCUT2D eigenvalue weighted by Gasteiger charge is -2.36. The molecule has 0 unspecified atom stereocenters. The third-order valence-corrected chi connectivity index (χ3v) is 5.90. The van der Waals surface area contributed by atoms with Crippen LogP contribution in [0.25, 0.3) is 16.5 Å². The number of aromatic nitrogens is 1. The van der Waals surface area contributed by atoms with Gasteiger partial charge < -0.3 is 14.8 Å². The number of ketones is 2. The van der Waals surface area contributed by atoms with Gasteiger partial charge in [0.2, 0.25) is 18.0 Å². The van der Waals surface area contributed by atoms with E-state index >= 15 is 0 Å². The van der Waals surface area contributed by atoms with E-state index in [2.05, 4.69) is 4.98 Å². The molecule has 1 aliphatic carbocycles. The zero-order valence-corrected chi connectivity index (χ0v) is 16.6. The molecule has 2 aliphatic rings. The van der Waals surface area contributed by atoms with Crippen molar-refractivity contribution in [2.24, 2.45) is 0 Å². The van der Waals surface area contributed by atoms with E-state index in [4.69, 9.17) is 23.2 Å². The van der Waals surface area contributed by atoms with E-state index in [0.29, 0.717) is 31.7 Å². The van der Waals surface area contributed by atoms with Crippen LogP contribution in [0.4, 0.5) is 0 Å². The number of carbonyl (C=O) groups excluding carboxylic acids is 3. The van der Waals surface area contributed by atoms with Crippen LogP contribution in [0, 0.1) is 6.92 Å². The minimum atomic E-state index is -0.467. The molecule has 1 aromatic carbocycles. The van der Waals surface area contributed by atoms with E-state index in [-0.39, 0.29) is 21.3 Å². The van der Waals surface area contributed by atoms with Crippen LogP contribution < -0.4 is 0 Å². The van der Waals surface area contributed by atoms with Crippen LogP contribution in [0.1, 0.15) is 11.3 Å². The van der Waals surface area contributed by atoms with Gasteiger partial charge in [0, 0.05) is 48.3 Å². The maximum absolute atomic E-state index is 13.2. The number of rotatable bonds is 3. The third kappa shape index (κ3) is 2.84. The molecule has 0 atom stereocenters. The lowest BCUT2D eigenvalue weighted by molar-refractivity contribution is -0.120. The van der Waals surface area contributed by atoms with Gasteiger partial charge in [-0.1, -0.05) is 41.4 Å². The fraction of sp³-hybridized carbons (Fsp3) is 0.250. The molecule has 28 heavy (non-hydrogen) atoms. The van der Waals surface area contributed by atoms with Gasteiger partial charge in [-0.2, -0.15) is 0 Å². The Hall–Kier alpha value is -2.57. The molecular formula is C20H17Cl2N3O3. The van der Waals surface area contributed by atoms with Gasteiger partial charge in [0.15, 0.2) is 0 Å². The van der Waals surface area contributed by atoms with Crippen molar-refractivity contribution < 1.29 is 14.4 Å². The van der Waals surface area contributed by atoms with Crippen LogP contribution in [0.2, 0.25) is 0 Å². The maximum atomic E-state index is 13.2. The molecule has 0 radical (unpaired) electrons. The fourth-order valence-electron chi connectivity index (χ4n) is 3.79. The monoisotopic (exact) mass is 417 g/mol. The number of para-hydroxylation sites is 1. The van der Waals surface area contributed by atoms with E-state index in [0.717, 1.165) is 23.0 Å². The highest BCUT2D eigenvalue weighted by Crippen LogP contribution is 2.40. The maximum Gasteiger partial charge on any atom is 0.222 e. The van der Waals surface area contributed by atoms with Gasteiger partial charge in [0.05, 0.1) is 5.57 Å². The van der Waals surface area contributed by atoms with Crippen molar-refractivity contribution in [3.63, 3.8) is 0 Å². The Morgan fingerprint density at radius 1 is 1.00 bits per heavy atom. The van der Waals surface area contributed by atoms with Gasteiger partial charge in [-0.05, 0) is 13.0 Å². The Kier molecular flexibility index (Phi) is 4.77. The van der Waals surface area contributed by atoms with E-state index < -0.39 is 11.6 Å². The molecule has 0 saturated carbocycles. The summed E-state index contributed by atoms with van der Waals surface area (Å²) in [5.74, 6) is -0.933. The number of halogens is 2. The van der Waals surface area contributed by atoms with Crippen LogP contribution in [0.15, 0.2) is 40.0 Å². The summed E-state index contributed by atoms with van der Waals surface area (Å²) in [6, 6.07) is 7.51. The number of fused-ring (bicyclic) bond motifs is 1. The minimum Gasteiger partial charge on any atom is -0.363 e. The second-order valence-corrected chi connectivity index (χ2v) is 7.56. The number of benzene rings is 1. The summed E-state index contributed by atoms with van der Waals surface area (Å²) in [7, 11) is 0. The Bertz CT molecular complexity index is 1080. The molecule has 8 heteroatoms. The van der Waals surface area contributed by atoms with Crippen molar-refractivity contribution in [3.8, 4) is 0 Å². The minimum absolute atomic E-state index is 0.114. The number of H-pyrrole nitrogens is 1. The lowest BCUT2D eigenvalue weighted by Crippen LogP contribution is -2.47. The molecule has 2 aromatic rings.